The number of hydrazine groups is 1. The van der Waals surface area contributed by atoms with Crippen molar-refractivity contribution in [1.82, 2.24) is 0 Å². The van der Waals surface area contributed by atoms with Gasteiger partial charge in [-0.05, 0) is 24.6 Å². The summed E-state index contributed by atoms with van der Waals surface area (Å²) in [6.07, 6.45) is -0.591. The Morgan fingerprint density at radius 3 is 2.79 bits per heavy atom. The molecular weight excluding hydrogens is 248 g/mol. The van der Waals surface area contributed by atoms with Gasteiger partial charge < -0.3 is 4.74 Å². The number of methoxy groups -OCH3 is 1. The van der Waals surface area contributed by atoms with E-state index in [0.717, 1.165) is 15.0 Å². The maximum atomic E-state index is 11.1. The van der Waals surface area contributed by atoms with Crippen LogP contribution in [0.25, 0.3) is 0 Å². The average Bonchev–Trinajstić information content (AvgIpc) is 2.19. The molecule has 0 atom stereocenters. The first-order chi connectivity index (χ1) is 6.56. The third kappa shape index (κ3) is 2.24. The lowest BCUT2D eigenvalue weighted by Gasteiger charge is -2.17. The van der Waals surface area contributed by atoms with Crippen molar-refractivity contribution in [3.8, 4) is 0 Å². The lowest BCUT2D eigenvalue weighted by Crippen LogP contribution is -2.37. The third-order valence-electron chi connectivity index (χ3n) is 1.80. The number of carbonyl (C=O) groups is 1. The van der Waals surface area contributed by atoms with E-state index >= 15 is 0 Å². The van der Waals surface area contributed by atoms with Gasteiger partial charge in [-0.1, -0.05) is 22.0 Å². The van der Waals surface area contributed by atoms with Crippen LogP contribution in [0, 0.1) is 6.92 Å². The molecule has 5 heteroatoms. The summed E-state index contributed by atoms with van der Waals surface area (Å²) >= 11 is 3.30. The number of nitrogens with two attached hydrogens (primary N) is 1. The van der Waals surface area contributed by atoms with Crippen molar-refractivity contribution in [3.63, 3.8) is 0 Å². The first-order valence-electron chi connectivity index (χ1n) is 3.95. The van der Waals surface area contributed by atoms with Gasteiger partial charge in [0.2, 0.25) is 0 Å². The predicted octanol–water partition coefficient (Wildman–Crippen LogP) is 2.20. The molecule has 1 aromatic rings. The van der Waals surface area contributed by atoms with Crippen molar-refractivity contribution in [3.05, 3.63) is 28.2 Å². The standard InChI is InChI=1S/C9H11BrN2O2/c1-6-3-4-7(10)5-8(6)12(11)9(13)14-2/h3-5H,11H2,1-2H3. The molecule has 0 aliphatic carbocycles. The summed E-state index contributed by atoms with van der Waals surface area (Å²) in [5.41, 5.74) is 1.52. The second-order valence-corrected chi connectivity index (χ2v) is 3.69. The predicted molar refractivity (Wildman–Crippen MR) is 58.0 cm³/mol. The van der Waals surface area contributed by atoms with Gasteiger partial charge in [-0.25, -0.2) is 15.6 Å². The summed E-state index contributed by atoms with van der Waals surface area (Å²) in [6.45, 7) is 1.87. The molecule has 0 aliphatic heterocycles. The van der Waals surface area contributed by atoms with Gasteiger partial charge in [0.15, 0.2) is 0 Å². The van der Waals surface area contributed by atoms with Crippen LogP contribution in [0.4, 0.5) is 10.5 Å². The molecule has 76 valence electrons. The summed E-state index contributed by atoms with van der Waals surface area (Å²) in [4.78, 5) is 11.1. The number of aryl methyl sites for hydroxylation is 1. The molecule has 0 radical (unpaired) electrons. The van der Waals surface area contributed by atoms with Gasteiger partial charge in [0.05, 0.1) is 12.8 Å². The lowest BCUT2D eigenvalue weighted by atomic mass is 10.2. The molecule has 0 aromatic heterocycles. The summed E-state index contributed by atoms with van der Waals surface area (Å²) in [5, 5.41) is 0.972. The normalized spacial score (nSPS) is 9.71. The highest BCUT2D eigenvalue weighted by Crippen LogP contribution is 2.22. The number of hydrogen-bond donors (Lipinski definition) is 1. The van der Waals surface area contributed by atoms with Crippen molar-refractivity contribution >= 4 is 27.7 Å². The van der Waals surface area contributed by atoms with E-state index in [4.69, 9.17) is 5.84 Å². The minimum absolute atomic E-state index is 0.591. The van der Waals surface area contributed by atoms with Crippen LogP contribution in [0.5, 0.6) is 0 Å². The Morgan fingerprint density at radius 1 is 1.57 bits per heavy atom. The Morgan fingerprint density at radius 2 is 2.21 bits per heavy atom. The third-order valence-corrected chi connectivity index (χ3v) is 2.30. The molecule has 0 saturated carbocycles. The molecule has 0 fully saturated rings. The van der Waals surface area contributed by atoms with Crippen molar-refractivity contribution in [1.29, 1.82) is 0 Å². The number of nitrogens with zero attached hydrogens (tertiary/aromatic N) is 1. The van der Waals surface area contributed by atoms with Gasteiger partial charge in [0.25, 0.3) is 0 Å². The van der Waals surface area contributed by atoms with Crippen LogP contribution in [0.3, 0.4) is 0 Å². The summed E-state index contributed by atoms with van der Waals surface area (Å²) in [5.74, 6) is 5.56. The smallest absolute Gasteiger partial charge is 0.428 e. The number of halogens is 1. The molecule has 0 saturated heterocycles. The summed E-state index contributed by atoms with van der Waals surface area (Å²) in [7, 11) is 1.29. The van der Waals surface area contributed by atoms with Crippen molar-refractivity contribution in [2.24, 2.45) is 5.84 Å². The zero-order valence-electron chi connectivity index (χ0n) is 7.95. The van der Waals surface area contributed by atoms with E-state index in [1.165, 1.54) is 7.11 Å². The monoisotopic (exact) mass is 258 g/mol. The van der Waals surface area contributed by atoms with Gasteiger partial charge in [-0.2, -0.15) is 0 Å². The molecule has 0 aliphatic rings. The Kier molecular flexibility index (Phi) is 3.49. The number of anilines is 1. The maximum absolute atomic E-state index is 11.1. The molecule has 0 spiro atoms. The summed E-state index contributed by atoms with van der Waals surface area (Å²) in [6, 6.07) is 5.50. The Labute approximate surface area is 90.7 Å². The van der Waals surface area contributed by atoms with Crippen LogP contribution < -0.4 is 10.9 Å². The molecular formula is C9H11BrN2O2. The lowest BCUT2D eigenvalue weighted by molar-refractivity contribution is 0.178. The van der Waals surface area contributed by atoms with E-state index in [1.54, 1.807) is 6.07 Å². The molecule has 0 bridgehead atoms. The second kappa shape index (κ2) is 4.43. The molecule has 4 nitrogen and oxygen atoms in total. The molecule has 1 rings (SSSR count). The first-order valence-corrected chi connectivity index (χ1v) is 4.74. The van der Waals surface area contributed by atoms with Crippen LogP contribution in [0.15, 0.2) is 22.7 Å². The molecule has 1 amide bonds. The minimum Gasteiger partial charge on any atom is -0.452 e. The van der Waals surface area contributed by atoms with E-state index in [0.29, 0.717) is 5.69 Å². The van der Waals surface area contributed by atoms with E-state index in [1.807, 2.05) is 19.1 Å². The number of rotatable bonds is 1. The van der Waals surface area contributed by atoms with Crippen LogP contribution >= 0.6 is 15.9 Å². The van der Waals surface area contributed by atoms with Crippen molar-refractivity contribution in [2.75, 3.05) is 12.1 Å². The SMILES string of the molecule is COC(=O)N(N)c1cc(Br)ccc1C. The fraction of sp³-hybridized carbons (Fsp3) is 0.222. The Balaban J connectivity index is 3.05. The van der Waals surface area contributed by atoms with E-state index in [2.05, 4.69) is 20.7 Å². The topological polar surface area (TPSA) is 55.6 Å². The molecule has 14 heavy (non-hydrogen) atoms. The quantitative estimate of drug-likeness (QED) is 0.478. The first kappa shape index (κ1) is 11.0. The van der Waals surface area contributed by atoms with Gasteiger partial charge in [0.1, 0.15) is 0 Å². The number of hydrogen-bond acceptors (Lipinski definition) is 3. The Bertz CT molecular complexity index is 355. The zero-order valence-corrected chi connectivity index (χ0v) is 9.54. The molecule has 1 aromatic carbocycles. The van der Waals surface area contributed by atoms with Crippen molar-refractivity contribution < 1.29 is 9.53 Å². The molecule has 0 unspecified atom stereocenters. The van der Waals surface area contributed by atoms with Crippen LogP contribution in [-0.2, 0) is 4.74 Å². The number of amides is 1. The van der Waals surface area contributed by atoms with Crippen LogP contribution in [0.1, 0.15) is 5.56 Å². The van der Waals surface area contributed by atoms with Crippen LogP contribution in [0.2, 0.25) is 0 Å². The maximum Gasteiger partial charge on any atom is 0.428 e. The average molecular weight is 259 g/mol. The Hall–Kier alpha value is -1.07. The highest BCUT2D eigenvalue weighted by atomic mass is 79.9. The van der Waals surface area contributed by atoms with Crippen LogP contribution in [-0.4, -0.2) is 13.2 Å². The van der Waals surface area contributed by atoms with Gasteiger partial charge >= 0.3 is 6.09 Å². The summed E-state index contributed by atoms with van der Waals surface area (Å²) < 4.78 is 5.37. The largest absolute Gasteiger partial charge is 0.452 e. The van der Waals surface area contributed by atoms with Crippen molar-refractivity contribution in [2.45, 2.75) is 6.92 Å². The van der Waals surface area contributed by atoms with Gasteiger partial charge in [-0.15, -0.1) is 0 Å². The second-order valence-electron chi connectivity index (χ2n) is 2.77. The highest BCUT2D eigenvalue weighted by molar-refractivity contribution is 9.10. The fourth-order valence-electron chi connectivity index (χ4n) is 1.04. The highest BCUT2D eigenvalue weighted by Gasteiger charge is 2.13. The molecule has 2 N–H and O–H groups in total. The van der Waals surface area contributed by atoms with Gasteiger partial charge in [-0.3, -0.25) is 0 Å². The minimum atomic E-state index is -0.591. The van der Waals surface area contributed by atoms with Gasteiger partial charge in [0, 0.05) is 4.47 Å². The number of benzene rings is 1. The van der Waals surface area contributed by atoms with E-state index in [-0.39, 0.29) is 0 Å². The number of carbonyl (C=O) groups excluding carboxylic acids is 1. The number of ether oxygens (including phenoxy) is 1. The zero-order chi connectivity index (χ0) is 10.7. The molecule has 0 heterocycles. The van der Waals surface area contributed by atoms with E-state index < -0.39 is 6.09 Å². The fourth-order valence-corrected chi connectivity index (χ4v) is 1.39. The van der Waals surface area contributed by atoms with E-state index in [9.17, 15) is 4.79 Å².